The summed E-state index contributed by atoms with van der Waals surface area (Å²) < 4.78 is 5.13. The van der Waals surface area contributed by atoms with E-state index >= 15 is 0 Å². The molecule has 1 atom stereocenters. The number of benzene rings is 2. The first-order chi connectivity index (χ1) is 13.6. The summed E-state index contributed by atoms with van der Waals surface area (Å²) in [5.74, 6) is 0.509. The molecular weight excluding hydrogens is 374 g/mol. The summed E-state index contributed by atoms with van der Waals surface area (Å²) in [6.45, 7) is 1.03. The highest BCUT2D eigenvalue weighted by atomic mass is 32.2. The molecule has 0 spiro atoms. The maximum Gasteiger partial charge on any atom is 0.240 e. The zero-order valence-corrected chi connectivity index (χ0v) is 16.5. The number of hydrogen-bond acceptors (Lipinski definition) is 5. The first-order valence-electron chi connectivity index (χ1n) is 9.09. The van der Waals surface area contributed by atoms with Gasteiger partial charge in [-0.3, -0.25) is 14.6 Å². The summed E-state index contributed by atoms with van der Waals surface area (Å²) in [7, 11) is 1.63. The number of methoxy groups -OCH3 is 1. The van der Waals surface area contributed by atoms with E-state index < -0.39 is 5.25 Å². The molecule has 1 aliphatic heterocycles. The number of ether oxygens (including phenoxy) is 1. The van der Waals surface area contributed by atoms with E-state index in [1.54, 1.807) is 7.11 Å². The van der Waals surface area contributed by atoms with Crippen LogP contribution < -0.4 is 15.4 Å². The molecule has 1 heterocycles. The Hall–Kier alpha value is -2.80. The van der Waals surface area contributed by atoms with Gasteiger partial charge in [-0.15, -0.1) is 0 Å². The number of nitrogens with one attached hydrogen (secondary N) is 2. The summed E-state index contributed by atoms with van der Waals surface area (Å²) in [6.07, 6.45) is 0.868. The van der Waals surface area contributed by atoms with Crippen LogP contribution in [0.15, 0.2) is 59.6 Å². The molecule has 2 N–H and O–H groups in total. The van der Waals surface area contributed by atoms with Crippen LogP contribution in [-0.4, -0.2) is 35.9 Å². The van der Waals surface area contributed by atoms with Crippen molar-refractivity contribution in [1.82, 2.24) is 10.6 Å². The average Bonchev–Trinajstić information content (AvgIpc) is 3.07. The van der Waals surface area contributed by atoms with Gasteiger partial charge in [-0.1, -0.05) is 54.2 Å². The maximum atomic E-state index is 12.2. The molecule has 2 aromatic rings. The number of amidine groups is 1. The lowest BCUT2D eigenvalue weighted by molar-refractivity contribution is -0.125. The third-order valence-electron chi connectivity index (χ3n) is 4.29. The molecule has 2 aromatic carbocycles. The first-order valence-corrected chi connectivity index (χ1v) is 9.97. The fraction of sp³-hybridized carbons (Fsp3) is 0.286. The Morgan fingerprint density at radius 1 is 1.14 bits per heavy atom. The van der Waals surface area contributed by atoms with Gasteiger partial charge in [0.15, 0.2) is 5.17 Å². The van der Waals surface area contributed by atoms with Crippen LogP contribution in [0.3, 0.4) is 0 Å². The fourth-order valence-corrected chi connectivity index (χ4v) is 3.71. The van der Waals surface area contributed by atoms with Crippen LogP contribution in [-0.2, 0) is 22.6 Å². The minimum Gasteiger partial charge on any atom is -0.497 e. The number of carbonyl (C=O) groups excluding carboxylic acids is 2. The van der Waals surface area contributed by atoms with Gasteiger partial charge in [0.1, 0.15) is 11.0 Å². The molecule has 0 unspecified atom stereocenters. The molecule has 0 saturated carbocycles. The van der Waals surface area contributed by atoms with Crippen molar-refractivity contribution in [1.29, 1.82) is 0 Å². The second-order valence-corrected chi connectivity index (χ2v) is 7.55. The summed E-state index contributed by atoms with van der Waals surface area (Å²) in [6, 6.07) is 17.6. The fourth-order valence-electron chi connectivity index (χ4n) is 2.74. The summed E-state index contributed by atoms with van der Waals surface area (Å²) >= 11 is 1.31. The lowest BCUT2D eigenvalue weighted by Gasteiger charge is -2.08. The Labute approximate surface area is 168 Å². The lowest BCUT2D eigenvalue weighted by Crippen LogP contribution is -2.32. The Morgan fingerprint density at radius 2 is 1.89 bits per heavy atom. The van der Waals surface area contributed by atoms with E-state index in [1.165, 1.54) is 11.8 Å². The predicted molar refractivity (Wildman–Crippen MR) is 111 cm³/mol. The molecule has 146 valence electrons. The van der Waals surface area contributed by atoms with Crippen LogP contribution in [0.25, 0.3) is 0 Å². The monoisotopic (exact) mass is 397 g/mol. The van der Waals surface area contributed by atoms with E-state index in [-0.39, 0.29) is 18.2 Å². The van der Waals surface area contributed by atoms with Crippen LogP contribution in [0.1, 0.15) is 17.5 Å². The normalized spacial score (nSPS) is 17.4. The van der Waals surface area contributed by atoms with E-state index in [4.69, 9.17) is 4.74 Å². The zero-order valence-electron chi connectivity index (χ0n) is 15.7. The van der Waals surface area contributed by atoms with Crippen molar-refractivity contribution in [3.8, 4) is 5.75 Å². The summed E-state index contributed by atoms with van der Waals surface area (Å²) in [4.78, 5) is 28.7. The number of thioether (sulfide) groups is 1. The van der Waals surface area contributed by atoms with Crippen molar-refractivity contribution in [3.63, 3.8) is 0 Å². The van der Waals surface area contributed by atoms with Gasteiger partial charge < -0.3 is 15.4 Å². The van der Waals surface area contributed by atoms with Crippen molar-refractivity contribution >= 4 is 28.7 Å². The van der Waals surface area contributed by atoms with Gasteiger partial charge in [-0.25, -0.2) is 0 Å². The van der Waals surface area contributed by atoms with Gasteiger partial charge in [0.05, 0.1) is 13.7 Å². The Balaban J connectivity index is 1.41. The topological polar surface area (TPSA) is 79.8 Å². The average molecular weight is 398 g/mol. The Bertz CT molecular complexity index is 838. The van der Waals surface area contributed by atoms with Crippen molar-refractivity contribution < 1.29 is 14.3 Å². The molecule has 1 aliphatic rings. The number of aliphatic imine (C=N–C) groups is 1. The second-order valence-electron chi connectivity index (χ2n) is 6.35. The SMILES string of the molecule is COc1ccc(CCNC(=O)C[C@H]2SC(=NCc3ccccc3)NC2=O)cc1. The van der Waals surface area contributed by atoms with Crippen LogP contribution >= 0.6 is 11.8 Å². The van der Waals surface area contributed by atoms with E-state index in [0.717, 1.165) is 23.3 Å². The second kappa shape index (κ2) is 9.94. The van der Waals surface area contributed by atoms with Crippen LogP contribution in [0, 0.1) is 0 Å². The highest BCUT2D eigenvalue weighted by Crippen LogP contribution is 2.22. The molecule has 3 rings (SSSR count). The minimum absolute atomic E-state index is 0.134. The molecule has 2 amide bonds. The quantitative estimate of drug-likeness (QED) is 0.717. The zero-order chi connectivity index (χ0) is 19.8. The number of rotatable bonds is 8. The van der Waals surface area contributed by atoms with E-state index in [2.05, 4.69) is 15.6 Å². The first kappa shape index (κ1) is 19.9. The van der Waals surface area contributed by atoms with Gasteiger partial charge in [0.2, 0.25) is 11.8 Å². The van der Waals surface area contributed by atoms with Gasteiger partial charge in [0.25, 0.3) is 0 Å². The largest absolute Gasteiger partial charge is 0.497 e. The van der Waals surface area contributed by atoms with Crippen molar-refractivity contribution in [2.75, 3.05) is 13.7 Å². The van der Waals surface area contributed by atoms with Gasteiger partial charge in [-0.05, 0) is 29.7 Å². The van der Waals surface area contributed by atoms with Crippen LogP contribution in [0.2, 0.25) is 0 Å². The molecule has 28 heavy (non-hydrogen) atoms. The van der Waals surface area contributed by atoms with Crippen molar-refractivity contribution in [3.05, 3.63) is 65.7 Å². The molecule has 0 bridgehead atoms. The third-order valence-corrected chi connectivity index (χ3v) is 5.41. The standard InChI is InChI=1S/C21H23N3O3S/c1-27-17-9-7-15(8-10-17)11-12-22-19(25)13-18-20(26)24-21(28-18)23-14-16-5-3-2-4-6-16/h2-10,18H,11-14H2,1H3,(H,22,25)(H,23,24,26)/t18-/m1/s1. The lowest BCUT2D eigenvalue weighted by atomic mass is 10.1. The smallest absolute Gasteiger partial charge is 0.240 e. The molecule has 0 aliphatic carbocycles. The molecule has 6 nitrogen and oxygen atoms in total. The molecule has 0 aromatic heterocycles. The Kier molecular flexibility index (Phi) is 7.08. The van der Waals surface area contributed by atoms with Crippen LogP contribution in [0.4, 0.5) is 0 Å². The molecule has 0 radical (unpaired) electrons. The number of nitrogens with zero attached hydrogens (tertiary/aromatic N) is 1. The van der Waals surface area contributed by atoms with Gasteiger partial charge in [-0.2, -0.15) is 0 Å². The Morgan fingerprint density at radius 3 is 2.61 bits per heavy atom. The highest BCUT2D eigenvalue weighted by molar-refractivity contribution is 8.15. The molecule has 7 heteroatoms. The summed E-state index contributed by atoms with van der Waals surface area (Å²) in [5.41, 5.74) is 2.19. The van der Waals surface area contributed by atoms with E-state index in [9.17, 15) is 9.59 Å². The highest BCUT2D eigenvalue weighted by Gasteiger charge is 2.31. The van der Waals surface area contributed by atoms with Crippen molar-refractivity contribution in [2.24, 2.45) is 4.99 Å². The van der Waals surface area contributed by atoms with E-state index in [0.29, 0.717) is 18.3 Å². The summed E-state index contributed by atoms with van der Waals surface area (Å²) in [5, 5.41) is 5.77. The van der Waals surface area contributed by atoms with E-state index in [1.807, 2.05) is 54.6 Å². The van der Waals surface area contributed by atoms with Gasteiger partial charge in [0, 0.05) is 13.0 Å². The molecule has 1 saturated heterocycles. The van der Waals surface area contributed by atoms with Crippen LogP contribution in [0.5, 0.6) is 5.75 Å². The third kappa shape index (κ3) is 5.85. The molecular formula is C21H23N3O3S. The number of amides is 2. The number of hydrogen-bond donors (Lipinski definition) is 2. The predicted octanol–water partition coefficient (Wildman–Crippen LogP) is 2.53. The number of carbonyl (C=O) groups is 2. The minimum atomic E-state index is -0.435. The van der Waals surface area contributed by atoms with Crippen molar-refractivity contribution in [2.45, 2.75) is 24.6 Å². The molecule has 1 fully saturated rings. The maximum absolute atomic E-state index is 12.2. The van der Waals surface area contributed by atoms with Gasteiger partial charge >= 0.3 is 0 Å².